The first kappa shape index (κ1) is 14.7. The third-order valence-corrected chi connectivity index (χ3v) is 3.21. The molecule has 1 N–H and O–H groups in total. The molecule has 0 saturated heterocycles. The van der Waals surface area contributed by atoms with E-state index in [4.69, 9.17) is 0 Å². The number of nitrogens with zero attached hydrogens (tertiary/aromatic N) is 1. The Balaban J connectivity index is 2.47. The molecule has 0 aliphatic carbocycles. The molecular weight excluding hydrogens is 270 g/mol. The molecule has 0 heterocycles. The molecule has 0 aromatic heterocycles. The van der Waals surface area contributed by atoms with Crippen LogP contribution in [0.4, 0.5) is 5.69 Å². The molecule has 5 heteroatoms. The molecule has 0 unspecified atom stereocenters. The predicted molar refractivity (Wildman–Crippen MR) is 78.8 cm³/mol. The minimum absolute atomic E-state index is 0.0970. The Morgan fingerprint density at radius 3 is 2.29 bits per heavy atom. The number of carbonyl (C=O) groups is 1. The number of non-ortho nitro benzene ring substituents is 1. The van der Waals surface area contributed by atoms with Crippen molar-refractivity contribution in [2.75, 3.05) is 0 Å². The molecule has 5 nitrogen and oxygen atoms in total. The Morgan fingerprint density at radius 1 is 1.14 bits per heavy atom. The van der Waals surface area contributed by atoms with Crippen molar-refractivity contribution >= 4 is 11.7 Å². The van der Waals surface area contributed by atoms with Crippen molar-refractivity contribution < 1.29 is 14.8 Å². The Morgan fingerprint density at radius 2 is 1.76 bits per heavy atom. The summed E-state index contributed by atoms with van der Waals surface area (Å²) in [4.78, 5) is 21.6. The Kier molecular flexibility index (Phi) is 4.03. The second-order valence-corrected chi connectivity index (χ2v) is 5.08. The van der Waals surface area contributed by atoms with Crippen LogP contribution in [0.3, 0.4) is 0 Å². The quantitative estimate of drug-likeness (QED) is 0.688. The summed E-state index contributed by atoms with van der Waals surface area (Å²) in [5.41, 5.74) is 3.54. The molecule has 2 aromatic rings. The lowest BCUT2D eigenvalue weighted by Gasteiger charge is -2.08. The number of hydrogen-bond acceptors (Lipinski definition) is 3. The molecule has 0 amide bonds. The highest BCUT2D eigenvalue weighted by molar-refractivity contribution is 5.90. The number of rotatable bonds is 4. The molecular formula is C16H15NO4. The molecule has 0 atom stereocenters. The Hall–Kier alpha value is -2.69. The average Bonchev–Trinajstić information content (AvgIpc) is 2.36. The van der Waals surface area contributed by atoms with Gasteiger partial charge in [0.05, 0.1) is 10.5 Å². The summed E-state index contributed by atoms with van der Waals surface area (Å²) < 4.78 is 0. The van der Waals surface area contributed by atoms with Crippen LogP contribution in [-0.4, -0.2) is 16.0 Å². The first-order chi connectivity index (χ1) is 9.86. The summed E-state index contributed by atoms with van der Waals surface area (Å²) in [7, 11) is 0. The van der Waals surface area contributed by atoms with Crippen molar-refractivity contribution in [1.29, 1.82) is 0 Å². The first-order valence-electron chi connectivity index (χ1n) is 6.44. The molecule has 0 bridgehead atoms. The van der Waals surface area contributed by atoms with E-state index in [2.05, 4.69) is 0 Å². The van der Waals surface area contributed by atoms with Crippen LogP contribution >= 0.6 is 0 Å². The number of nitro groups is 1. The summed E-state index contributed by atoms with van der Waals surface area (Å²) in [6.07, 6.45) is 0.353. The van der Waals surface area contributed by atoms with Gasteiger partial charge in [0.25, 0.3) is 5.69 Å². The zero-order valence-corrected chi connectivity index (χ0v) is 11.8. The molecule has 0 aliphatic rings. The standard InChI is InChI=1S/C16H15NO4/c1-10-5-11(2)7-12(6-10)8-13-9-14(17(20)21)3-4-15(13)16(18)19/h3-7,9H,8H2,1-2H3,(H,18,19). The van der Waals surface area contributed by atoms with E-state index < -0.39 is 10.9 Å². The lowest BCUT2D eigenvalue weighted by atomic mass is 9.97. The summed E-state index contributed by atoms with van der Waals surface area (Å²) >= 11 is 0. The number of nitro benzene ring substituents is 1. The monoisotopic (exact) mass is 285 g/mol. The van der Waals surface area contributed by atoms with E-state index in [9.17, 15) is 20.0 Å². The molecule has 2 aromatic carbocycles. The van der Waals surface area contributed by atoms with Crippen LogP contribution in [0.25, 0.3) is 0 Å². The lowest BCUT2D eigenvalue weighted by Crippen LogP contribution is -2.04. The van der Waals surface area contributed by atoms with Gasteiger partial charge in [0.2, 0.25) is 0 Å². The normalized spacial score (nSPS) is 10.4. The maximum atomic E-state index is 11.3. The second-order valence-electron chi connectivity index (χ2n) is 5.08. The summed E-state index contributed by atoms with van der Waals surface area (Å²) in [6, 6.07) is 9.78. The van der Waals surface area contributed by atoms with Crippen LogP contribution in [0.1, 0.15) is 32.6 Å². The molecule has 0 fully saturated rings. The van der Waals surface area contributed by atoms with Crippen LogP contribution in [0.2, 0.25) is 0 Å². The van der Waals surface area contributed by atoms with Gasteiger partial charge in [-0.2, -0.15) is 0 Å². The van der Waals surface area contributed by atoms with E-state index in [1.165, 1.54) is 18.2 Å². The third-order valence-electron chi connectivity index (χ3n) is 3.21. The number of benzene rings is 2. The van der Waals surface area contributed by atoms with E-state index in [0.717, 1.165) is 16.7 Å². The van der Waals surface area contributed by atoms with Gasteiger partial charge in [-0.05, 0) is 37.5 Å². The number of hydrogen-bond donors (Lipinski definition) is 1. The van der Waals surface area contributed by atoms with Gasteiger partial charge in [0, 0.05) is 12.1 Å². The van der Waals surface area contributed by atoms with Gasteiger partial charge < -0.3 is 5.11 Å². The van der Waals surface area contributed by atoms with E-state index in [1.54, 1.807) is 0 Å². The predicted octanol–water partition coefficient (Wildman–Crippen LogP) is 3.50. The van der Waals surface area contributed by atoms with Crippen LogP contribution in [-0.2, 0) is 6.42 Å². The molecule has 0 spiro atoms. The van der Waals surface area contributed by atoms with Gasteiger partial charge >= 0.3 is 5.97 Å². The van der Waals surface area contributed by atoms with E-state index in [-0.39, 0.29) is 11.3 Å². The zero-order valence-electron chi connectivity index (χ0n) is 11.8. The molecule has 0 saturated carbocycles. The van der Waals surface area contributed by atoms with Crippen LogP contribution < -0.4 is 0 Å². The third kappa shape index (κ3) is 3.45. The largest absolute Gasteiger partial charge is 0.478 e. The van der Waals surface area contributed by atoms with Crippen molar-refractivity contribution in [2.45, 2.75) is 20.3 Å². The van der Waals surface area contributed by atoms with Gasteiger partial charge in [-0.3, -0.25) is 10.1 Å². The Labute approximate surface area is 122 Å². The van der Waals surface area contributed by atoms with Crippen molar-refractivity contribution in [1.82, 2.24) is 0 Å². The van der Waals surface area contributed by atoms with Gasteiger partial charge in [-0.25, -0.2) is 4.79 Å². The van der Waals surface area contributed by atoms with Crippen molar-refractivity contribution in [2.24, 2.45) is 0 Å². The highest BCUT2D eigenvalue weighted by Crippen LogP contribution is 2.22. The molecule has 21 heavy (non-hydrogen) atoms. The van der Waals surface area contributed by atoms with Crippen molar-refractivity contribution in [3.63, 3.8) is 0 Å². The number of aryl methyl sites for hydroxylation is 2. The molecule has 2 rings (SSSR count). The van der Waals surface area contributed by atoms with Crippen LogP contribution in [0.15, 0.2) is 36.4 Å². The van der Waals surface area contributed by atoms with Crippen molar-refractivity contribution in [3.05, 3.63) is 74.3 Å². The maximum Gasteiger partial charge on any atom is 0.335 e. The first-order valence-corrected chi connectivity index (χ1v) is 6.44. The minimum Gasteiger partial charge on any atom is -0.478 e. The highest BCUT2D eigenvalue weighted by atomic mass is 16.6. The fourth-order valence-corrected chi connectivity index (χ4v) is 2.44. The summed E-state index contributed by atoms with van der Waals surface area (Å²) in [5, 5.41) is 20.1. The second kappa shape index (κ2) is 5.75. The lowest BCUT2D eigenvalue weighted by molar-refractivity contribution is -0.384. The number of carboxylic acids is 1. The minimum atomic E-state index is -1.08. The maximum absolute atomic E-state index is 11.3. The van der Waals surface area contributed by atoms with Gasteiger partial charge in [-0.1, -0.05) is 29.3 Å². The zero-order chi connectivity index (χ0) is 15.6. The fourth-order valence-electron chi connectivity index (χ4n) is 2.44. The van der Waals surface area contributed by atoms with Crippen LogP contribution in [0, 0.1) is 24.0 Å². The average molecular weight is 285 g/mol. The fraction of sp³-hybridized carbons (Fsp3) is 0.188. The molecule has 0 aliphatic heterocycles. The SMILES string of the molecule is Cc1cc(C)cc(Cc2cc([N+](=O)[O-])ccc2C(=O)O)c1. The topological polar surface area (TPSA) is 80.4 Å². The van der Waals surface area contributed by atoms with E-state index in [1.807, 2.05) is 32.0 Å². The summed E-state index contributed by atoms with van der Waals surface area (Å²) in [6.45, 7) is 3.92. The molecule has 0 radical (unpaired) electrons. The van der Waals surface area contributed by atoms with Gasteiger partial charge in [0.1, 0.15) is 0 Å². The number of aromatic carboxylic acids is 1. The van der Waals surface area contributed by atoms with Crippen molar-refractivity contribution in [3.8, 4) is 0 Å². The number of carboxylic acid groups (broad SMARTS) is 1. The molecule has 108 valence electrons. The Bertz CT molecular complexity index is 702. The van der Waals surface area contributed by atoms with E-state index >= 15 is 0 Å². The van der Waals surface area contributed by atoms with Gasteiger partial charge in [0.15, 0.2) is 0 Å². The highest BCUT2D eigenvalue weighted by Gasteiger charge is 2.15. The van der Waals surface area contributed by atoms with E-state index in [0.29, 0.717) is 12.0 Å². The van der Waals surface area contributed by atoms with Gasteiger partial charge in [-0.15, -0.1) is 0 Å². The summed E-state index contributed by atoms with van der Waals surface area (Å²) in [5.74, 6) is -1.08. The van der Waals surface area contributed by atoms with Crippen LogP contribution in [0.5, 0.6) is 0 Å². The smallest absolute Gasteiger partial charge is 0.335 e.